The smallest absolute Gasteiger partial charge is 0.147 e. The summed E-state index contributed by atoms with van der Waals surface area (Å²) >= 11 is 11.4. The first kappa shape index (κ1) is 16.8. The second kappa shape index (κ2) is 6.67. The van der Waals surface area contributed by atoms with Crippen LogP contribution in [0.2, 0.25) is 5.15 Å². The summed E-state index contributed by atoms with van der Waals surface area (Å²) in [6.07, 6.45) is 0. The highest BCUT2D eigenvalue weighted by molar-refractivity contribution is 9.10. The van der Waals surface area contributed by atoms with E-state index in [1.54, 1.807) is 11.8 Å². The molecule has 1 aromatic carbocycles. The van der Waals surface area contributed by atoms with Crippen LogP contribution < -0.4 is 0 Å². The van der Waals surface area contributed by atoms with E-state index in [0.29, 0.717) is 10.9 Å². The Morgan fingerprint density at radius 3 is 2.57 bits per heavy atom. The first-order chi connectivity index (χ1) is 9.77. The topological polar surface area (TPSA) is 25.8 Å². The molecule has 0 aliphatic carbocycles. The molecule has 0 aliphatic rings. The number of rotatable bonds is 3. The summed E-state index contributed by atoms with van der Waals surface area (Å²) in [5, 5.41) is 0.481. The quantitative estimate of drug-likeness (QED) is 0.494. The van der Waals surface area contributed by atoms with Crippen LogP contribution in [0.1, 0.15) is 37.9 Å². The van der Waals surface area contributed by atoms with Crippen molar-refractivity contribution in [2.75, 3.05) is 0 Å². The molecule has 21 heavy (non-hydrogen) atoms. The number of aryl methyl sites for hydroxylation is 1. The molecule has 2 aromatic rings. The largest absolute Gasteiger partial charge is 0.235 e. The van der Waals surface area contributed by atoms with E-state index in [1.807, 2.05) is 0 Å². The number of hydrogen-bond acceptors (Lipinski definition) is 3. The van der Waals surface area contributed by atoms with Crippen LogP contribution in [0.25, 0.3) is 0 Å². The van der Waals surface area contributed by atoms with Gasteiger partial charge in [0.15, 0.2) is 0 Å². The maximum absolute atomic E-state index is 6.22. The lowest BCUT2D eigenvalue weighted by Crippen LogP contribution is -2.16. The molecule has 0 fully saturated rings. The van der Waals surface area contributed by atoms with Crippen molar-refractivity contribution in [1.82, 2.24) is 9.97 Å². The first-order valence-corrected chi connectivity index (χ1v) is 8.85. The molecule has 5 heteroatoms. The highest BCUT2D eigenvalue weighted by Crippen LogP contribution is 2.33. The molecule has 0 amide bonds. The van der Waals surface area contributed by atoms with Gasteiger partial charge in [0.25, 0.3) is 0 Å². The van der Waals surface area contributed by atoms with E-state index in [1.165, 1.54) is 10.5 Å². The van der Waals surface area contributed by atoms with Crippen molar-refractivity contribution in [3.63, 3.8) is 0 Å². The molecule has 0 unspecified atom stereocenters. The predicted molar refractivity (Wildman–Crippen MR) is 94.2 cm³/mol. The van der Waals surface area contributed by atoms with Gasteiger partial charge in [-0.3, -0.25) is 0 Å². The van der Waals surface area contributed by atoms with E-state index >= 15 is 0 Å². The van der Waals surface area contributed by atoms with Crippen molar-refractivity contribution in [2.45, 2.75) is 43.8 Å². The minimum Gasteiger partial charge on any atom is -0.235 e. The number of benzene rings is 1. The Morgan fingerprint density at radius 1 is 1.24 bits per heavy atom. The van der Waals surface area contributed by atoms with E-state index in [2.05, 4.69) is 77.9 Å². The van der Waals surface area contributed by atoms with Crippen LogP contribution in [-0.4, -0.2) is 9.97 Å². The standard InChI is InChI=1S/C16H18BrClN2S/c1-10-6-5-7-11(8-10)21-9-12-19-14(16(2,3)4)13(17)15(18)20-12/h5-8H,9H2,1-4H3. The average molecular weight is 386 g/mol. The minimum atomic E-state index is -0.0752. The van der Waals surface area contributed by atoms with Crippen molar-refractivity contribution in [3.8, 4) is 0 Å². The van der Waals surface area contributed by atoms with Gasteiger partial charge in [-0.05, 0) is 35.0 Å². The third kappa shape index (κ3) is 4.44. The summed E-state index contributed by atoms with van der Waals surface area (Å²) in [5.74, 6) is 1.47. The van der Waals surface area contributed by atoms with Gasteiger partial charge in [0.2, 0.25) is 0 Å². The Bertz CT molecular complexity index is 653. The monoisotopic (exact) mass is 384 g/mol. The Morgan fingerprint density at radius 2 is 1.95 bits per heavy atom. The predicted octanol–water partition coefficient (Wildman–Crippen LogP) is 5.79. The van der Waals surface area contributed by atoms with Crippen molar-refractivity contribution in [3.05, 3.63) is 51.0 Å². The average Bonchev–Trinajstić information content (AvgIpc) is 2.38. The lowest BCUT2D eigenvalue weighted by atomic mass is 9.92. The zero-order chi connectivity index (χ0) is 15.6. The lowest BCUT2D eigenvalue weighted by Gasteiger charge is -2.20. The van der Waals surface area contributed by atoms with E-state index in [9.17, 15) is 0 Å². The maximum atomic E-state index is 6.22. The van der Waals surface area contributed by atoms with Gasteiger partial charge in [-0.2, -0.15) is 0 Å². The van der Waals surface area contributed by atoms with Gasteiger partial charge in [0, 0.05) is 10.3 Å². The van der Waals surface area contributed by atoms with Gasteiger partial charge in [-0.1, -0.05) is 50.1 Å². The third-order valence-corrected chi connectivity index (χ3v) is 5.17. The summed E-state index contributed by atoms with van der Waals surface area (Å²) in [6.45, 7) is 8.45. The van der Waals surface area contributed by atoms with Gasteiger partial charge in [-0.25, -0.2) is 9.97 Å². The molecule has 112 valence electrons. The van der Waals surface area contributed by atoms with Crippen LogP contribution >= 0.6 is 39.3 Å². The second-order valence-corrected chi connectivity index (χ2v) is 8.15. The zero-order valence-electron chi connectivity index (χ0n) is 12.6. The summed E-state index contributed by atoms with van der Waals surface area (Å²) in [6, 6.07) is 8.42. The molecule has 1 heterocycles. The fourth-order valence-electron chi connectivity index (χ4n) is 1.88. The number of nitrogens with zero attached hydrogens (tertiary/aromatic N) is 2. The van der Waals surface area contributed by atoms with Gasteiger partial charge in [0.1, 0.15) is 11.0 Å². The van der Waals surface area contributed by atoms with Crippen LogP contribution in [-0.2, 0) is 11.2 Å². The van der Waals surface area contributed by atoms with Crippen LogP contribution in [0, 0.1) is 6.92 Å². The Hall–Kier alpha value is -0.580. The molecule has 2 rings (SSSR count). The van der Waals surface area contributed by atoms with E-state index in [4.69, 9.17) is 11.6 Å². The van der Waals surface area contributed by atoms with Crippen molar-refractivity contribution >= 4 is 39.3 Å². The number of hydrogen-bond donors (Lipinski definition) is 0. The number of thioether (sulfide) groups is 1. The molecular weight excluding hydrogens is 368 g/mol. The summed E-state index contributed by atoms with van der Waals surface area (Å²) in [5.41, 5.74) is 2.13. The molecule has 0 saturated heterocycles. The highest BCUT2D eigenvalue weighted by atomic mass is 79.9. The van der Waals surface area contributed by atoms with Crippen LogP contribution in [0.5, 0.6) is 0 Å². The molecular formula is C16H18BrClN2S. The Balaban J connectivity index is 2.23. The van der Waals surface area contributed by atoms with Crippen LogP contribution in [0.15, 0.2) is 33.6 Å². The Kier molecular flexibility index (Phi) is 5.33. The normalized spacial score (nSPS) is 11.7. The lowest BCUT2D eigenvalue weighted by molar-refractivity contribution is 0.560. The maximum Gasteiger partial charge on any atom is 0.147 e. The molecule has 2 nitrogen and oxygen atoms in total. The minimum absolute atomic E-state index is 0.0752. The second-order valence-electron chi connectivity index (χ2n) is 5.95. The summed E-state index contributed by atoms with van der Waals surface area (Å²) in [7, 11) is 0. The van der Waals surface area contributed by atoms with E-state index in [0.717, 1.165) is 16.0 Å². The van der Waals surface area contributed by atoms with Gasteiger partial charge < -0.3 is 0 Å². The van der Waals surface area contributed by atoms with Crippen LogP contribution in [0.3, 0.4) is 0 Å². The molecule has 1 aromatic heterocycles. The molecule has 0 N–H and O–H groups in total. The van der Waals surface area contributed by atoms with Gasteiger partial charge >= 0.3 is 0 Å². The number of halogens is 2. The molecule has 0 radical (unpaired) electrons. The van der Waals surface area contributed by atoms with Gasteiger partial charge in [0.05, 0.1) is 15.9 Å². The van der Waals surface area contributed by atoms with Crippen molar-refractivity contribution < 1.29 is 0 Å². The fourth-order valence-corrected chi connectivity index (χ4v) is 3.71. The summed E-state index contributed by atoms with van der Waals surface area (Å²) < 4.78 is 0.793. The molecule has 0 spiro atoms. The molecule has 0 bridgehead atoms. The van der Waals surface area contributed by atoms with Gasteiger partial charge in [-0.15, -0.1) is 11.8 Å². The van der Waals surface area contributed by atoms with E-state index in [-0.39, 0.29) is 5.41 Å². The van der Waals surface area contributed by atoms with Crippen molar-refractivity contribution in [2.24, 2.45) is 0 Å². The molecule has 0 saturated carbocycles. The SMILES string of the molecule is Cc1cccc(SCc2nc(Cl)c(Br)c(C(C)(C)C)n2)c1. The first-order valence-electron chi connectivity index (χ1n) is 6.69. The van der Waals surface area contributed by atoms with E-state index < -0.39 is 0 Å². The molecule has 0 aliphatic heterocycles. The highest BCUT2D eigenvalue weighted by Gasteiger charge is 2.22. The molecule has 0 atom stereocenters. The van der Waals surface area contributed by atoms with Crippen LogP contribution in [0.4, 0.5) is 0 Å². The number of aromatic nitrogens is 2. The fraction of sp³-hybridized carbons (Fsp3) is 0.375. The zero-order valence-corrected chi connectivity index (χ0v) is 15.7. The third-order valence-electron chi connectivity index (χ3n) is 2.92. The summed E-state index contributed by atoms with van der Waals surface area (Å²) in [4.78, 5) is 10.3. The van der Waals surface area contributed by atoms with Crippen molar-refractivity contribution in [1.29, 1.82) is 0 Å². The Labute approximate surface area is 143 Å².